The fourth-order valence-corrected chi connectivity index (χ4v) is 3.38. The van der Waals surface area contributed by atoms with E-state index in [0.717, 1.165) is 12.0 Å². The lowest BCUT2D eigenvalue weighted by Crippen LogP contribution is -2.35. The van der Waals surface area contributed by atoms with E-state index in [9.17, 15) is 0 Å². The van der Waals surface area contributed by atoms with Gasteiger partial charge in [0, 0.05) is 18.4 Å². The molecule has 0 saturated heterocycles. The molecular formula is C16H25N3. The molecule has 0 spiro atoms. The first-order chi connectivity index (χ1) is 9.14. The lowest BCUT2D eigenvalue weighted by Gasteiger charge is -2.41. The second-order valence-corrected chi connectivity index (χ2v) is 7.13. The normalized spacial score (nSPS) is 30.2. The Balaban J connectivity index is 1.72. The first kappa shape index (κ1) is 13.0. The van der Waals surface area contributed by atoms with Crippen LogP contribution in [-0.2, 0) is 0 Å². The summed E-state index contributed by atoms with van der Waals surface area (Å²) >= 11 is 0. The Morgan fingerprint density at radius 3 is 2.63 bits per heavy atom. The van der Waals surface area contributed by atoms with Crippen LogP contribution in [0.1, 0.15) is 57.4 Å². The maximum absolute atomic E-state index is 4.22. The summed E-state index contributed by atoms with van der Waals surface area (Å²) in [6, 6.07) is 0.808. The summed E-state index contributed by atoms with van der Waals surface area (Å²) in [5.41, 5.74) is 1.79. The molecule has 0 aromatic carbocycles. The summed E-state index contributed by atoms with van der Waals surface area (Å²) in [5, 5.41) is 3.71. The van der Waals surface area contributed by atoms with E-state index in [0.29, 0.717) is 11.3 Å². The van der Waals surface area contributed by atoms with E-state index >= 15 is 0 Å². The Kier molecular flexibility index (Phi) is 3.57. The predicted octanol–water partition coefficient (Wildman–Crippen LogP) is 3.14. The Morgan fingerprint density at radius 1 is 1.21 bits per heavy atom. The van der Waals surface area contributed by atoms with Crippen molar-refractivity contribution >= 4 is 0 Å². The summed E-state index contributed by atoms with van der Waals surface area (Å²) in [5.74, 6) is 1.37. The minimum absolute atomic E-state index is 0.455. The largest absolute Gasteiger partial charge is 0.314 e. The molecule has 2 saturated carbocycles. The number of nitrogens with one attached hydrogen (secondary N) is 1. The molecule has 3 rings (SSSR count). The van der Waals surface area contributed by atoms with E-state index in [-0.39, 0.29) is 0 Å². The fourth-order valence-electron chi connectivity index (χ4n) is 3.38. The second kappa shape index (κ2) is 5.20. The smallest absolute Gasteiger partial charge is 0.115 e. The van der Waals surface area contributed by atoms with E-state index in [4.69, 9.17) is 0 Å². The number of aromatic nitrogens is 2. The van der Waals surface area contributed by atoms with Crippen molar-refractivity contribution in [3.63, 3.8) is 0 Å². The summed E-state index contributed by atoms with van der Waals surface area (Å²) in [7, 11) is 0. The molecule has 1 aromatic heterocycles. The first-order valence-electron chi connectivity index (χ1n) is 7.62. The van der Waals surface area contributed by atoms with Gasteiger partial charge >= 0.3 is 0 Å². The topological polar surface area (TPSA) is 37.8 Å². The molecule has 3 heteroatoms. The maximum atomic E-state index is 4.22. The zero-order chi connectivity index (χ0) is 13.3. The van der Waals surface area contributed by atoms with Gasteiger partial charge < -0.3 is 5.32 Å². The molecule has 0 aliphatic heterocycles. The molecule has 2 atom stereocenters. The molecule has 2 fully saturated rings. The van der Waals surface area contributed by atoms with Gasteiger partial charge in [0.1, 0.15) is 6.33 Å². The SMILES string of the molecule is CC1(C)CCC(CNC2CC2)C(c2cncnc2)C1. The second-order valence-electron chi connectivity index (χ2n) is 7.13. The van der Waals surface area contributed by atoms with E-state index in [2.05, 4.69) is 29.1 Å². The standard InChI is InChI=1S/C16H25N3/c1-16(2)6-5-12(10-19-14-3-4-14)15(7-16)13-8-17-11-18-9-13/h8-9,11-12,14-15,19H,3-7,10H2,1-2H3. The van der Waals surface area contributed by atoms with E-state index in [1.807, 2.05) is 12.4 Å². The number of nitrogens with zero attached hydrogens (tertiary/aromatic N) is 2. The minimum atomic E-state index is 0.455. The van der Waals surface area contributed by atoms with Crippen LogP contribution in [0.5, 0.6) is 0 Å². The van der Waals surface area contributed by atoms with Crippen LogP contribution in [0.4, 0.5) is 0 Å². The van der Waals surface area contributed by atoms with E-state index in [1.54, 1.807) is 6.33 Å². The van der Waals surface area contributed by atoms with Gasteiger partial charge in [-0.1, -0.05) is 13.8 Å². The maximum Gasteiger partial charge on any atom is 0.115 e. The van der Waals surface area contributed by atoms with Crippen molar-refractivity contribution in [2.75, 3.05) is 6.54 Å². The molecular weight excluding hydrogens is 234 g/mol. The fraction of sp³-hybridized carbons (Fsp3) is 0.750. The molecule has 1 N–H and O–H groups in total. The molecule has 0 bridgehead atoms. The molecule has 19 heavy (non-hydrogen) atoms. The molecule has 2 aliphatic carbocycles. The van der Waals surface area contributed by atoms with Crippen LogP contribution < -0.4 is 5.32 Å². The lowest BCUT2D eigenvalue weighted by atomic mass is 9.65. The van der Waals surface area contributed by atoms with Gasteiger partial charge in [0.2, 0.25) is 0 Å². The highest BCUT2D eigenvalue weighted by Crippen LogP contribution is 2.46. The van der Waals surface area contributed by atoms with Crippen molar-refractivity contribution in [3.05, 3.63) is 24.3 Å². The number of hydrogen-bond acceptors (Lipinski definition) is 3. The van der Waals surface area contributed by atoms with Gasteiger partial charge in [-0.15, -0.1) is 0 Å². The van der Waals surface area contributed by atoms with Crippen LogP contribution in [0, 0.1) is 11.3 Å². The van der Waals surface area contributed by atoms with Crippen LogP contribution in [-0.4, -0.2) is 22.6 Å². The molecule has 1 heterocycles. The molecule has 1 aromatic rings. The third-order valence-electron chi connectivity index (χ3n) is 4.79. The van der Waals surface area contributed by atoms with Crippen LogP contribution in [0.25, 0.3) is 0 Å². The van der Waals surface area contributed by atoms with Crippen molar-refractivity contribution in [3.8, 4) is 0 Å². The Hall–Kier alpha value is -0.960. The Morgan fingerprint density at radius 2 is 1.95 bits per heavy atom. The van der Waals surface area contributed by atoms with Gasteiger partial charge in [0.05, 0.1) is 0 Å². The average Bonchev–Trinajstić information content (AvgIpc) is 3.22. The van der Waals surface area contributed by atoms with Gasteiger partial charge in [0.25, 0.3) is 0 Å². The van der Waals surface area contributed by atoms with Crippen LogP contribution in [0.2, 0.25) is 0 Å². The molecule has 0 amide bonds. The third kappa shape index (κ3) is 3.33. The lowest BCUT2D eigenvalue weighted by molar-refractivity contribution is 0.159. The number of hydrogen-bond donors (Lipinski definition) is 1. The van der Waals surface area contributed by atoms with Crippen molar-refractivity contribution < 1.29 is 0 Å². The minimum Gasteiger partial charge on any atom is -0.314 e. The Bertz CT molecular complexity index is 409. The van der Waals surface area contributed by atoms with Gasteiger partial charge in [-0.05, 0) is 61.5 Å². The zero-order valence-electron chi connectivity index (χ0n) is 12.1. The molecule has 2 unspecified atom stereocenters. The quantitative estimate of drug-likeness (QED) is 0.902. The molecule has 104 valence electrons. The third-order valence-corrected chi connectivity index (χ3v) is 4.79. The monoisotopic (exact) mass is 259 g/mol. The summed E-state index contributed by atoms with van der Waals surface area (Å²) in [6.07, 6.45) is 12.3. The van der Waals surface area contributed by atoms with Gasteiger partial charge in [0.15, 0.2) is 0 Å². The Labute approximate surface area is 116 Å². The average molecular weight is 259 g/mol. The highest BCUT2D eigenvalue weighted by molar-refractivity contribution is 5.14. The predicted molar refractivity (Wildman–Crippen MR) is 76.9 cm³/mol. The molecule has 0 radical (unpaired) electrons. The van der Waals surface area contributed by atoms with Crippen LogP contribution >= 0.6 is 0 Å². The van der Waals surface area contributed by atoms with E-state index < -0.39 is 0 Å². The van der Waals surface area contributed by atoms with Crippen molar-refractivity contribution in [1.82, 2.24) is 15.3 Å². The summed E-state index contributed by atoms with van der Waals surface area (Å²) in [6.45, 7) is 5.96. The number of rotatable bonds is 4. The van der Waals surface area contributed by atoms with Gasteiger partial charge in [-0.3, -0.25) is 0 Å². The molecule has 3 nitrogen and oxygen atoms in total. The zero-order valence-corrected chi connectivity index (χ0v) is 12.1. The first-order valence-corrected chi connectivity index (χ1v) is 7.62. The van der Waals surface area contributed by atoms with Crippen LogP contribution in [0.15, 0.2) is 18.7 Å². The van der Waals surface area contributed by atoms with Crippen molar-refractivity contribution in [2.24, 2.45) is 11.3 Å². The van der Waals surface area contributed by atoms with Crippen molar-refractivity contribution in [2.45, 2.75) is 57.9 Å². The van der Waals surface area contributed by atoms with Crippen LogP contribution in [0.3, 0.4) is 0 Å². The highest BCUT2D eigenvalue weighted by atomic mass is 14.9. The highest BCUT2D eigenvalue weighted by Gasteiger charge is 2.36. The van der Waals surface area contributed by atoms with Gasteiger partial charge in [-0.25, -0.2) is 9.97 Å². The molecule has 2 aliphatic rings. The summed E-state index contributed by atoms with van der Waals surface area (Å²) in [4.78, 5) is 8.44. The van der Waals surface area contributed by atoms with Gasteiger partial charge in [-0.2, -0.15) is 0 Å². The summed E-state index contributed by atoms with van der Waals surface area (Å²) < 4.78 is 0. The van der Waals surface area contributed by atoms with E-state index in [1.165, 1.54) is 44.2 Å². The van der Waals surface area contributed by atoms with Crippen molar-refractivity contribution in [1.29, 1.82) is 0 Å².